The van der Waals surface area contributed by atoms with Gasteiger partial charge in [-0.2, -0.15) is 0 Å². The maximum absolute atomic E-state index is 12.3. The van der Waals surface area contributed by atoms with Gasteiger partial charge in [-0.1, -0.05) is 0 Å². The van der Waals surface area contributed by atoms with E-state index in [9.17, 15) is 4.79 Å². The third kappa shape index (κ3) is 2.52. The summed E-state index contributed by atoms with van der Waals surface area (Å²) in [5.41, 5.74) is 0.734. The van der Waals surface area contributed by atoms with Gasteiger partial charge in [-0.3, -0.25) is 4.79 Å². The minimum absolute atomic E-state index is 0.0116. The van der Waals surface area contributed by atoms with Crippen molar-refractivity contribution in [3.8, 4) is 0 Å². The highest BCUT2D eigenvalue weighted by Gasteiger charge is 2.28. The summed E-state index contributed by atoms with van der Waals surface area (Å²) in [5, 5.41) is 3.35. The maximum Gasteiger partial charge on any atom is 0.291 e. The van der Waals surface area contributed by atoms with Crippen LogP contribution in [0.5, 0.6) is 0 Å². The smallest absolute Gasteiger partial charge is 0.291 e. The molecule has 2 aliphatic heterocycles. The molecular weight excluding hydrogens is 242 g/mol. The normalized spacial score (nSPS) is 23.8. The Kier molecular flexibility index (Phi) is 3.55. The lowest BCUT2D eigenvalue weighted by Gasteiger charge is -2.19. The van der Waals surface area contributed by atoms with E-state index in [1.165, 1.54) is 0 Å². The Hall–Kier alpha value is -1.36. The number of amides is 1. The molecule has 5 nitrogen and oxygen atoms in total. The van der Waals surface area contributed by atoms with Crippen LogP contribution in [0, 0.1) is 6.92 Å². The minimum Gasteiger partial charge on any atom is -0.435 e. The van der Waals surface area contributed by atoms with Crippen molar-refractivity contribution in [3.63, 3.8) is 0 Å². The van der Waals surface area contributed by atoms with Crippen LogP contribution in [0.4, 0.5) is 0 Å². The van der Waals surface area contributed by atoms with Crippen molar-refractivity contribution in [1.82, 2.24) is 15.2 Å². The van der Waals surface area contributed by atoms with Crippen molar-refractivity contribution < 1.29 is 9.21 Å². The first kappa shape index (κ1) is 12.7. The molecule has 2 saturated heterocycles. The summed E-state index contributed by atoms with van der Waals surface area (Å²) in [6.07, 6.45) is 4.42. The summed E-state index contributed by atoms with van der Waals surface area (Å²) in [4.78, 5) is 18.7. The van der Waals surface area contributed by atoms with E-state index in [2.05, 4.69) is 10.3 Å². The van der Waals surface area contributed by atoms with Crippen LogP contribution in [0.15, 0.2) is 4.42 Å². The van der Waals surface area contributed by atoms with Crippen LogP contribution in [0.3, 0.4) is 0 Å². The molecule has 1 aromatic heterocycles. The molecule has 0 bridgehead atoms. The van der Waals surface area contributed by atoms with Crippen molar-refractivity contribution >= 4 is 5.91 Å². The van der Waals surface area contributed by atoms with Gasteiger partial charge < -0.3 is 14.6 Å². The van der Waals surface area contributed by atoms with Crippen molar-refractivity contribution in [2.45, 2.75) is 38.5 Å². The molecule has 1 aromatic rings. The van der Waals surface area contributed by atoms with E-state index in [1.54, 1.807) is 0 Å². The van der Waals surface area contributed by atoms with E-state index >= 15 is 0 Å². The molecule has 1 unspecified atom stereocenters. The van der Waals surface area contributed by atoms with Gasteiger partial charge in [-0.05, 0) is 39.2 Å². The van der Waals surface area contributed by atoms with Gasteiger partial charge in [0.2, 0.25) is 5.76 Å². The van der Waals surface area contributed by atoms with Gasteiger partial charge in [-0.15, -0.1) is 0 Å². The van der Waals surface area contributed by atoms with Crippen LogP contribution in [-0.4, -0.2) is 42.0 Å². The first-order chi connectivity index (χ1) is 9.25. The molecule has 0 aliphatic carbocycles. The molecule has 0 saturated carbocycles. The van der Waals surface area contributed by atoms with Gasteiger partial charge in [0.1, 0.15) is 0 Å². The van der Waals surface area contributed by atoms with E-state index in [1.807, 2.05) is 11.8 Å². The summed E-state index contributed by atoms with van der Waals surface area (Å²) >= 11 is 0. The second-order valence-electron chi connectivity index (χ2n) is 5.51. The quantitative estimate of drug-likeness (QED) is 0.882. The number of nitrogens with zero attached hydrogens (tertiary/aromatic N) is 2. The van der Waals surface area contributed by atoms with E-state index in [-0.39, 0.29) is 5.91 Å². The number of carbonyl (C=O) groups excluding carboxylic acids is 1. The largest absolute Gasteiger partial charge is 0.435 e. The molecule has 1 atom stereocenters. The monoisotopic (exact) mass is 263 g/mol. The van der Waals surface area contributed by atoms with Crippen molar-refractivity contribution in [1.29, 1.82) is 0 Å². The van der Waals surface area contributed by atoms with Crippen LogP contribution in [0.25, 0.3) is 0 Å². The summed E-state index contributed by atoms with van der Waals surface area (Å²) in [7, 11) is 0. The average molecular weight is 263 g/mol. The molecule has 3 heterocycles. The van der Waals surface area contributed by atoms with E-state index in [4.69, 9.17) is 4.42 Å². The SMILES string of the molecule is Cc1nc(C2CCCNC2)oc1C(=O)N1CCCC1. The Morgan fingerprint density at radius 3 is 2.84 bits per heavy atom. The van der Waals surface area contributed by atoms with Gasteiger partial charge >= 0.3 is 0 Å². The topological polar surface area (TPSA) is 58.4 Å². The summed E-state index contributed by atoms with van der Waals surface area (Å²) in [5.74, 6) is 1.50. The molecule has 19 heavy (non-hydrogen) atoms. The fourth-order valence-electron chi connectivity index (χ4n) is 2.92. The van der Waals surface area contributed by atoms with Crippen LogP contribution in [0.1, 0.15) is 53.7 Å². The van der Waals surface area contributed by atoms with Crippen LogP contribution in [-0.2, 0) is 0 Å². The molecule has 5 heteroatoms. The van der Waals surface area contributed by atoms with E-state index in [0.717, 1.165) is 63.4 Å². The number of piperidine rings is 1. The summed E-state index contributed by atoms with van der Waals surface area (Å²) < 4.78 is 5.79. The fourth-order valence-corrected chi connectivity index (χ4v) is 2.92. The molecule has 2 fully saturated rings. The molecule has 3 rings (SSSR count). The standard InChI is InChI=1S/C14H21N3O2/c1-10-12(14(18)17-7-2-3-8-17)19-13(16-10)11-5-4-6-15-9-11/h11,15H,2-9H2,1H3. The molecule has 0 radical (unpaired) electrons. The van der Waals surface area contributed by atoms with Crippen LogP contribution in [0.2, 0.25) is 0 Å². The lowest BCUT2D eigenvalue weighted by molar-refractivity contribution is 0.0757. The number of likely N-dealkylation sites (tertiary alicyclic amines) is 1. The highest BCUT2D eigenvalue weighted by molar-refractivity contribution is 5.92. The molecule has 1 N–H and O–H groups in total. The van der Waals surface area contributed by atoms with Crippen molar-refractivity contribution in [2.75, 3.05) is 26.2 Å². The average Bonchev–Trinajstić information content (AvgIpc) is 3.08. The summed E-state index contributed by atoms with van der Waals surface area (Å²) in [6.45, 7) is 5.53. The lowest BCUT2D eigenvalue weighted by atomic mass is 10.00. The second kappa shape index (κ2) is 5.33. The third-order valence-corrected chi connectivity index (χ3v) is 4.05. The second-order valence-corrected chi connectivity index (χ2v) is 5.51. The van der Waals surface area contributed by atoms with Gasteiger partial charge in [0.05, 0.1) is 5.69 Å². The molecule has 104 valence electrons. The number of oxazole rings is 1. The number of aryl methyl sites for hydroxylation is 1. The van der Waals surface area contributed by atoms with E-state index < -0.39 is 0 Å². The zero-order chi connectivity index (χ0) is 13.2. The van der Waals surface area contributed by atoms with Crippen LogP contribution < -0.4 is 5.32 Å². The molecular formula is C14H21N3O2. The Balaban J connectivity index is 1.78. The third-order valence-electron chi connectivity index (χ3n) is 4.05. The fraction of sp³-hybridized carbons (Fsp3) is 0.714. The number of hydrogen-bond acceptors (Lipinski definition) is 4. The molecule has 0 aromatic carbocycles. The van der Waals surface area contributed by atoms with Crippen LogP contribution >= 0.6 is 0 Å². The van der Waals surface area contributed by atoms with Gasteiger partial charge in [-0.25, -0.2) is 4.98 Å². The highest BCUT2D eigenvalue weighted by Crippen LogP contribution is 2.25. The Morgan fingerprint density at radius 2 is 2.16 bits per heavy atom. The van der Waals surface area contributed by atoms with E-state index in [0.29, 0.717) is 11.7 Å². The predicted octanol–water partition coefficient (Wildman–Crippen LogP) is 1.69. The molecule has 0 spiro atoms. The number of hydrogen-bond donors (Lipinski definition) is 1. The minimum atomic E-state index is 0.0116. The zero-order valence-electron chi connectivity index (χ0n) is 11.4. The number of aromatic nitrogens is 1. The molecule has 1 amide bonds. The number of carbonyl (C=O) groups is 1. The lowest BCUT2D eigenvalue weighted by Crippen LogP contribution is -2.28. The number of rotatable bonds is 2. The first-order valence-corrected chi connectivity index (χ1v) is 7.23. The van der Waals surface area contributed by atoms with Crippen molar-refractivity contribution in [2.24, 2.45) is 0 Å². The summed E-state index contributed by atoms with van der Waals surface area (Å²) in [6, 6.07) is 0. The predicted molar refractivity (Wildman–Crippen MR) is 71.2 cm³/mol. The van der Waals surface area contributed by atoms with Gasteiger partial charge in [0.15, 0.2) is 5.89 Å². The molecule has 2 aliphatic rings. The first-order valence-electron chi connectivity index (χ1n) is 7.23. The maximum atomic E-state index is 12.3. The van der Waals surface area contributed by atoms with Gasteiger partial charge in [0.25, 0.3) is 5.91 Å². The zero-order valence-corrected chi connectivity index (χ0v) is 11.4. The Labute approximate surface area is 113 Å². The van der Waals surface area contributed by atoms with Crippen molar-refractivity contribution in [3.05, 3.63) is 17.3 Å². The number of nitrogens with one attached hydrogen (secondary N) is 1. The van der Waals surface area contributed by atoms with Gasteiger partial charge in [0, 0.05) is 25.6 Å². The highest BCUT2D eigenvalue weighted by atomic mass is 16.4. The Bertz CT molecular complexity index is 457. The Morgan fingerprint density at radius 1 is 1.37 bits per heavy atom.